The number of nitrogens with two attached hydrogens (primary N) is 1. The van der Waals surface area contributed by atoms with Gasteiger partial charge in [0.05, 0.1) is 22.0 Å². The van der Waals surface area contributed by atoms with E-state index < -0.39 is 10.0 Å². The van der Waals surface area contributed by atoms with Gasteiger partial charge in [0.25, 0.3) is 0 Å². The van der Waals surface area contributed by atoms with Gasteiger partial charge >= 0.3 is 0 Å². The van der Waals surface area contributed by atoms with Crippen molar-refractivity contribution in [2.75, 3.05) is 17.2 Å². The van der Waals surface area contributed by atoms with E-state index in [4.69, 9.17) is 5.14 Å². The molecule has 2 rings (SSSR count). The van der Waals surface area contributed by atoms with Gasteiger partial charge in [-0.3, -0.25) is 0 Å². The van der Waals surface area contributed by atoms with Gasteiger partial charge in [-0.05, 0) is 40.5 Å². The first-order valence-electron chi connectivity index (χ1n) is 7.13. The molecule has 1 heterocycles. The third-order valence-electron chi connectivity index (χ3n) is 3.22. The van der Waals surface area contributed by atoms with Crippen molar-refractivity contribution >= 4 is 43.4 Å². The molecule has 8 nitrogen and oxygen atoms in total. The van der Waals surface area contributed by atoms with Crippen LogP contribution in [0.1, 0.15) is 13.3 Å². The van der Waals surface area contributed by atoms with E-state index in [1.165, 1.54) is 12.1 Å². The van der Waals surface area contributed by atoms with Gasteiger partial charge in [0, 0.05) is 11.9 Å². The summed E-state index contributed by atoms with van der Waals surface area (Å²) in [6.45, 7) is 1.92. The van der Waals surface area contributed by atoms with Crippen molar-refractivity contribution in [1.29, 1.82) is 0 Å². The standard InChI is InChI=1S/C14H18BrN5O3S/c1-2-9(8-21)18-13-12(15)7-17-14(20-13)19-10-4-3-5-11(6-10)24(16,22)23/h3-7,9,21H,2,8H2,1H3,(H2,16,22,23)(H2,17,18,19,20)/t9-/m1/s1. The van der Waals surface area contributed by atoms with Crippen molar-refractivity contribution in [1.82, 2.24) is 9.97 Å². The van der Waals surface area contributed by atoms with E-state index in [9.17, 15) is 13.5 Å². The fraction of sp³-hybridized carbons (Fsp3) is 0.286. The van der Waals surface area contributed by atoms with E-state index >= 15 is 0 Å². The molecule has 0 saturated carbocycles. The highest BCUT2D eigenvalue weighted by molar-refractivity contribution is 9.10. The zero-order chi connectivity index (χ0) is 17.7. The number of halogens is 1. The summed E-state index contributed by atoms with van der Waals surface area (Å²) >= 11 is 3.35. The van der Waals surface area contributed by atoms with Crippen LogP contribution in [0.25, 0.3) is 0 Å². The Morgan fingerprint density at radius 2 is 2.17 bits per heavy atom. The number of aliphatic hydroxyl groups excluding tert-OH is 1. The molecule has 0 aliphatic carbocycles. The zero-order valence-corrected chi connectivity index (χ0v) is 15.3. The van der Waals surface area contributed by atoms with E-state index in [0.29, 0.717) is 16.0 Å². The van der Waals surface area contributed by atoms with Crippen LogP contribution in [0.5, 0.6) is 0 Å². The summed E-state index contributed by atoms with van der Waals surface area (Å²) in [6.07, 6.45) is 2.29. The van der Waals surface area contributed by atoms with Crippen LogP contribution in [-0.2, 0) is 10.0 Å². The Morgan fingerprint density at radius 3 is 2.79 bits per heavy atom. The van der Waals surface area contributed by atoms with Crippen LogP contribution in [0.2, 0.25) is 0 Å². The smallest absolute Gasteiger partial charge is 0.238 e. The van der Waals surface area contributed by atoms with E-state index in [-0.39, 0.29) is 23.5 Å². The van der Waals surface area contributed by atoms with Crippen LogP contribution in [0.15, 0.2) is 39.8 Å². The number of benzene rings is 1. The van der Waals surface area contributed by atoms with Crippen LogP contribution in [0.3, 0.4) is 0 Å². The van der Waals surface area contributed by atoms with Gasteiger partial charge < -0.3 is 15.7 Å². The highest BCUT2D eigenvalue weighted by Gasteiger charge is 2.12. The minimum absolute atomic E-state index is 0.00529. The Kier molecular flexibility index (Phi) is 6.10. The monoisotopic (exact) mass is 415 g/mol. The Morgan fingerprint density at radius 1 is 1.42 bits per heavy atom. The Labute approximate surface area is 148 Å². The normalized spacial score (nSPS) is 12.7. The number of anilines is 3. The lowest BCUT2D eigenvalue weighted by Crippen LogP contribution is -2.23. The maximum absolute atomic E-state index is 11.4. The largest absolute Gasteiger partial charge is 0.394 e. The Bertz CT molecular complexity index is 812. The first-order chi connectivity index (χ1) is 11.3. The van der Waals surface area contributed by atoms with E-state index in [0.717, 1.165) is 6.42 Å². The predicted octanol–water partition coefficient (Wildman–Crippen LogP) is 1.81. The molecule has 0 spiro atoms. The van der Waals surface area contributed by atoms with Gasteiger partial charge in [0.15, 0.2) is 0 Å². The predicted molar refractivity (Wildman–Crippen MR) is 95.6 cm³/mol. The topological polar surface area (TPSA) is 130 Å². The van der Waals surface area contributed by atoms with Crippen molar-refractivity contribution in [3.63, 3.8) is 0 Å². The quantitative estimate of drug-likeness (QED) is 0.542. The summed E-state index contributed by atoms with van der Waals surface area (Å²) in [5, 5.41) is 20.4. The lowest BCUT2D eigenvalue weighted by atomic mass is 10.2. The number of primary sulfonamides is 1. The molecule has 0 radical (unpaired) electrons. The lowest BCUT2D eigenvalue weighted by molar-refractivity contribution is 0.271. The van der Waals surface area contributed by atoms with Crippen LogP contribution < -0.4 is 15.8 Å². The number of aliphatic hydroxyl groups is 1. The summed E-state index contributed by atoms with van der Waals surface area (Å²) in [6, 6.07) is 5.92. The molecule has 0 amide bonds. The van der Waals surface area contributed by atoms with E-state index in [2.05, 4.69) is 36.5 Å². The number of aromatic nitrogens is 2. The molecule has 0 aliphatic rings. The second-order valence-corrected chi connectivity index (χ2v) is 7.44. The molecule has 10 heteroatoms. The third kappa shape index (κ3) is 4.87. The molecule has 1 aromatic heterocycles. The number of hydrogen-bond acceptors (Lipinski definition) is 7. The zero-order valence-electron chi connectivity index (χ0n) is 12.9. The van der Waals surface area contributed by atoms with Gasteiger partial charge in [-0.2, -0.15) is 4.98 Å². The minimum atomic E-state index is -3.78. The average molecular weight is 416 g/mol. The molecule has 24 heavy (non-hydrogen) atoms. The molecular weight excluding hydrogens is 398 g/mol. The first kappa shape index (κ1) is 18.6. The fourth-order valence-electron chi connectivity index (χ4n) is 1.88. The van der Waals surface area contributed by atoms with Gasteiger partial charge in [0.2, 0.25) is 16.0 Å². The van der Waals surface area contributed by atoms with Gasteiger partial charge in [-0.15, -0.1) is 0 Å². The molecule has 5 N–H and O–H groups in total. The van der Waals surface area contributed by atoms with Gasteiger partial charge in [-0.1, -0.05) is 13.0 Å². The van der Waals surface area contributed by atoms with E-state index in [1.54, 1.807) is 18.3 Å². The highest BCUT2D eigenvalue weighted by atomic mass is 79.9. The van der Waals surface area contributed by atoms with Crippen LogP contribution in [-0.4, -0.2) is 36.1 Å². The molecule has 0 bridgehead atoms. The number of nitrogens with one attached hydrogen (secondary N) is 2. The number of hydrogen-bond donors (Lipinski definition) is 4. The average Bonchev–Trinajstić information content (AvgIpc) is 2.55. The summed E-state index contributed by atoms with van der Waals surface area (Å²) in [7, 11) is -3.78. The van der Waals surface area contributed by atoms with Crippen LogP contribution in [0.4, 0.5) is 17.5 Å². The van der Waals surface area contributed by atoms with Crippen molar-refractivity contribution < 1.29 is 13.5 Å². The Hall–Kier alpha value is -1.75. The second-order valence-electron chi connectivity index (χ2n) is 5.02. The molecule has 0 aliphatic heterocycles. The number of rotatable bonds is 7. The van der Waals surface area contributed by atoms with Crippen molar-refractivity contribution in [2.45, 2.75) is 24.3 Å². The molecule has 2 aromatic rings. The maximum atomic E-state index is 11.4. The highest BCUT2D eigenvalue weighted by Crippen LogP contribution is 2.23. The second kappa shape index (κ2) is 7.88. The number of sulfonamides is 1. The van der Waals surface area contributed by atoms with Crippen molar-refractivity contribution in [3.8, 4) is 0 Å². The summed E-state index contributed by atoms with van der Waals surface area (Å²) in [5.41, 5.74) is 0.490. The first-order valence-corrected chi connectivity index (χ1v) is 9.47. The van der Waals surface area contributed by atoms with Crippen molar-refractivity contribution in [3.05, 3.63) is 34.9 Å². The molecule has 0 saturated heterocycles. The van der Waals surface area contributed by atoms with E-state index in [1.807, 2.05) is 6.92 Å². The summed E-state index contributed by atoms with van der Waals surface area (Å²) < 4.78 is 23.5. The molecular formula is C14H18BrN5O3S. The molecule has 0 fully saturated rings. The maximum Gasteiger partial charge on any atom is 0.238 e. The third-order valence-corrected chi connectivity index (χ3v) is 4.71. The summed E-state index contributed by atoms with van der Waals surface area (Å²) in [5.74, 6) is 0.802. The van der Waals surface area contributed by atoms with Gasteiger partial charge in [-0.25, -0.2) is 18.5 Å². The van der Waals surface area contributed by atoms with Crippen LogP contribution >= 0.6 is 15.9 Å². The number of nitrogens with zero attached hydrogens (tertiary/aromatic N) is 2. The lowest BCUT2D eigenvalue weighted by Gasteiger charge is -2.16. The molecule has 1 aromatic carbocycles. The SMILES string of the molecule is CC[C@H](CO)Nc1nc(Nc2cccc(S(N)(=O)=O)c2)ncc1Br. The van der Waals surface area contributed by atoms with Crippen molar-refractivity contribution in [2.24, 2.45) is 5.14 Å². The fourth-order valence-corrected chi connectivity index (χ4v) is 2.74. The molecule has 0 unspecified atom stereocenters. The Balaban J connectivity index is 2.25. The summed E-state index contributed by atoms with van der Waals surface area (Å²) in [4.78, 5) is 8.45. The van der Waals surface area contributed by atoms with Crippen LogP contribution in [0, 0.1) is 0 Å². The molecule has 1 atom stereocenters. The van der Waals surface area contributed by atoms with Gasteiger partial charge in [0.1, 0.15) is 5.82 Å². The minimum Gasteiger partial charge on any atom is -0.394 e. The molecule has 130 valence electrons.